The van der Waals surface area contributed by atoms with E-state index in [1.165, 1.54) is 6.26 Å². The minimum absolute atomic E-state index is 0.597. The maximum absolute atomic E-state index is 8.49. The number of furan rings is 1. The molecule has 0 fully saturated rings. The minimum atomic E-state index is 0.597. The van der Waals surface area contributed by atoms with Crippen molar-refractivity contribution in [1.82, 2.24) is 0 Å². The van der Waals surface area contributed by atoms with Crippen molar-refractivity contribution in [3.8, 4) is 6.07 Å². The molecule has 2 heteroatoms. The van der Waals surface area contributed by atoms with Gasteiger partial charge in [0.15, 0.2) is 0 Å². The van der Waals surface area contributed by atoms with Gasteiger partial charge in [0, 0.05) is 5.56 Å². The van der Waals surface area contributed by atoms with Crippen LogP contribution in [0.3, 0.4) is 0 Å². The van der Waals surface area contributed by atoms with Crippen LogP contribution in [0.25, 0.3) is 0 Å². The van der Waals surface area contributed by atoms with Crippen LogP contribution in [0.4, 0.5) is 0 Å². The number of nitrogens with zero attached hydrogens (tertiary/aromatic N) is 1. The number of nitriles is 1. The zero-order valence-electron chi connectivity index (χ0n) is 5.50. The minimum Gasteiger partial charge on any atom is -0.471 e. The molecule has 0 radical (unpaired) electrons. The zero-order valence-corrected chi connectivity index (χ0v) is 5.50. The summed E-state index contributed by atoms with van der Waals surface area (Å²) in [6, 6.07) is 2.02. The van der Waals surface area contributed by atoms with Crippen molar-refractivity contribution in [2.75, 3.05) is 0 Å². The van der Waals surface area contributed by atoms with Crippen molar-refractivity contribution in [3.63, 3.8) is 0 Å². The van der Waals surface area contributed by atoms with E-state index in [9.17, 15) is 0 Å². The molecule has 0 N–H and O–H groups in total. The van der Waals surface area contributed by atoms with E-state index in [-0.39, 0.29) is 0 Å². The van der Waals surface area contributed by atoms with Crippen molar-refractivity contribution in [2.24, 2.45) is 0 Å². The van der Waals surface area contributed by atoms with Crippen molar-refractivity contribution in [2.45, 2.75) is 6.42 Å². The van der Waals surface area contributed by atoms with Crippen LogP contribution in [0, 0.1) is 11.3 Å². The van der Waals surface area contributed by atoms with Crippen LogP contribution in [-0.4, -0.2) is 0 Å². The first-order valence-electron chi connectivity index (χ1n) is 2.94. The monoisotopic (exact) mass is 133 g/mol. The van der Waals surface area contributed by atoms with Gasteiger partial charge in [-0.05, 0) is 6.42 Å². The SMILES string of the molecule is C=CCc1cocc1C#N. The third-order valence-corrected chi connectivity index (χ3v) is 1.23. The standard InChI is InChI=1S/C8H7NO/c1-2-3-7-5-10-6-8(7)4-9/h2,5-6H,1,3H2. The van der Waals surface area contributed by atoms with Gasteiger partial charge in [-0.2, -0.15) is 5.26 Å². The molecule has 1 heterocycles. The first-order valence-corrected chi connectivity index (χ1v) is 2.94. The predicted molar refractivity (Wildman–Crippen MR) is 37.3 cm³/mol. The molecule has 0 aliphatic rings. The van der Waals surface area contributed by atoms with Crippen LogP contribution in [0.5, 0.6) is 0 Å². The quantitative estimate of drug-likeness (QED) is 0.577. The van der Waals surface area contributed by atoms with Gasteiger partial charge in [-0.25, -0.2) is 0 Å². The van der Waals surface area contributed by atoms with Gasteiger partial charge < -0.3 is 4.42 Å². The number of hydrogen-bond acceptors (Lipinski definition) is 2. The molecule has 0 spiro atoms. The Bertz CT molecular complexity index is 267. The molecule has 0 bridgehead atoms. The van der Waals surface area contributed by atoms with Gasteiger partial charge in [0.2, 0.25) is 0 Å². The molecule has 0 aromatic carbocycles. The van der Waals surface area contributed by atoms with E-state index in [2.05, 4.69) is 6.58 Å². The summed E-state index contributed by atoms with van der Waals surface area (Å²) in [6.07, 6.45) is 5.45. The largest absolute Gasteiger partial charge is 0.471 e. The van der Waals surface area contributed by atoms with E-state index < -0.39 is 0 Å². The molecule has 1 rings (SSSR count). The van der Waals surface area contributed by atoms with E-state index in [4.69, 9.17) is 9.68 Å². The third kappa shape index (κ3) is 1.08. The molecular formula is C8H7NO. The van der Waals surface area contributed by atoms with Gasteiger partial charge >= 0.3 is 0 Å². The molecular weight excluding hydrogens is 126 g/mol. The van der Waals surface area contributed by atoms with E-state index in [0.29, 0.717) is 12.0 Å². The second kappa shape index (κ2) is 2.88. The molecule has 0 aliphatic carbocycles. The number of rotatable bonds is 2. The lowest BCUT2D eigenvalue weighted by Crippen LogP contribution is -1.78. The highest BCUT2D eigenvalue weighted by Gasteiger charge is 2.00. The number of allylic oxidation sites excluding steroid dienone is 1. The van der Waals surface area contributed by atoms with Crippen LogP contribution in [0.15, 0.2) is 29.6 Å². The Balaban J connectivity index is 2.92. The average molecular weight is 133 g/mol. The molecule has 2 nitrogen and oxygen atoms in total. The van der Waals surface area contributed by atoms with Crippen molar-refractivity contribution >= 4 is 0 Å². The van der Waals surface area contributed by atoms with Gasteiger partial charge in [-0.1, -0.05) is 6.08 Å². The molecule has 1 aromatic heterocycles. The molecule has 0 saturated carbocycles. The summed E-state index contributed by atoms with van der Waals surface area (Å²) in [6.45, 7) is 3.56. The Hall–Kier alpha value is -1.49. The van der Waals surface area contributed by atoms with E-state index in [0.717, 1.165) is 5.56 Å². The Morgan fingerprint density at radius 1 is 1.70 bits per heavy atom. The summed E-state index contributed by atoms with van der Waals surface area (Å²) >= 11 is 0. The van der Waals surface area contributed by atoms with Crippen molar-refractivity contribution in [3.05, 3.63) is 36.3 Å². The Morgan fingerprint density at radius 2 is 2.50 bits per heavy atom. The molecule has 0 saturated heterocycles. The lowest BCUT2D eigenvalue weighted by molar-refractivity contribution is 0.564. The lowest BCUT2D eigenvalue weighted by Gasteiger charge is -1.85. The van der Waals surface area contributed by atoms with Gasteiger partial charge in [0.1, 0.15) is 12.3 Å². The smallest absolute Gasteiger partial charge is 0.108 e. The van der Waals surface area contributed by atoms with E-state index in [1.54, 1.807) is 12.3 Å². The normalized spacial score (nSPS) is 8.70. The Morgan fingerprint density at radius 3 is 3.10 bits per heavy atom. The zero-order chi connectivity index (χ0) is 7.40. The summed E-state index contributed by atoms with van der Waals surface area (Å²) in [4.78, 5) is 0. The van der Waals surface area contributed by atoms with Crippen LogP contribution < -0.4 is 0 Å². The first kappa shape index (κ1) is 6.63. The lowest BCUT2D eigenvalue weighted by atomic mass is 10.1. The Kier molecular flexibility index (Phi) is 1.91. The van der Waals surface area contributed by atoms with Gasteiger partial charge in [0.25, 0.3) is 0 Å². The third-order valence-electron chi connectivity index (χ3n) is 1.23. The summed E-state index contributed by atoms with van der Waals surface area (Å²) in [5.74, 6) is 0. The fourth-order valence-corrected chi connectivity index (χ4v) is 0.735. The fraction of sp³-hybridized carbons (Fsp3) is 0.125. The highest BCUT2D eigenvalue weighted by molar-refractivity contribution is 5.34. The van der Waals surface area contributed by atoms with Crippen LogP contribution >= 0.6 is 0 Å². The molecule has 0 aliphatic heterocycles. The molecule has 0 atom stereocenters. The van der Waals surface area contributed by atoms with Gasteiger partial charge in [-0.3, -0.25) is 0 Å². The second-order valence-corrected chi connectivity index (χ2v) is 1.92. The van der Waals surface area contributed by atoms with Crippen LogP contribution in [-0.2, 0) is 6.42 Å². The van der Waals surface area contributed by atoms with Crippen LogP contribution in [0.2, 0.25) is 0 Å². The fourth-order valence-electron chi connectivity index (χ4n) is 0.735. The molecule has 10 heavy (non-hydrogen) atoms. The van der Waals surface area contributed by atoms with E-state index >= 15 is 0 Å². The maximum Gasteiger partial charge on any atom is 0.108 e. The molecule has 50 valence electrons. The van der Waals surface area contributed by atoms with Crippen molar-refractivity contribution in [1.29, 1.82) is 5.26 Å². The Labute approximate surface area is 59.4 Å². The summed E-state index contributed by atoms with van der Waals surface area (Å²) in [7, 11) is 0. The predicted octanol–water partition coefficient (Wildman–Crippen LogP) is 1.88. The summed E-state index contributed by atoms with van der Waals surface area (Å²) in [5, 5.41) is 8.49. The van der Waals surface area contributed by atoms with Gasteiger partial charge in [-0.15, -0.1) is 6.58 Å². The number of hydrogen-bond donors (Lipinski definition) is 0. The van der Waals surface area contributed by atoms with Crippen molar-refractivity contribution < 1.29 is 4.42 Å². The first-order chi connectivity index (χ1) is 4.88. The second-order valence-electron chi connectivity index (χ2n) is 1.92. The summed E-state index contributed by atoms with van der Waals surface area (Å²) in [5.41, 5.74) is 1.50. The summed E-state index contributed by atoms with van der Waals surface area (Å²) < 4.78 is 4.82. The molecule has 0 unspecified atom stereocenters. The van der Waals surface area contributed by atoms with Crippen LogP contribution in [0.1, 0.15) is 11.1 Å². The highest BCUT2D eigenvalue weighted by atomic mass is 16.3. The molecule has 1 aromatic rings. The highest BCUT2D eigenvalue weighted by Crippen LogP contribution is 2.09. The van der Waals surface area contributed by atoms with E-state index in [1.807, 2.05) is 6.07 Å². The maximum atomic E-state index is 8.49. The average Bonchev–Trinajstić information content (AvgIpc) is 2.36. The molecule has 0 amide bonds. The topological polar surface area (TPSA) is 36.9 Å². The van der Waals surface area contributed by atoms with Gasteiger partial charge in [0.05, 0.1) is 11.8 Å².